The maximum atomic E-state index is 12.1. The minimum atomic E-state index is -0.656. The molecule has 1 aromatic carbocycles. The standard InChI is InChI=1S/C16H23BrN2O4/c1-4-19(5-2)16(22)18-12-6-7-15(14(8-12)11(3)20)23-10-13(21)9-17/h6-8,13,21H,4-5,9-10H2,1-3H3,(H,18,22)/t13-/m0/s1. The van der Waals surface area contributed by atoms with Crippen molar-refractivity contribution in [2.45, 2.75) is 26.9 Å². The quantitative estimate of drug-likeness (QED) is 0.531. The van der Waals surface area contributed by atoms with Crippen LogP contribution in [0.15, 0.2) is 18.2 Å². The molecular weight excluding hydrogens is 364 g/mol. The number of benzene rings is 1. The van der Waals surface area contributed by atoms with Gasteiger partial charge in [0.15, 0.2) is 5.78 Å². The van der Waals surface area contributed by atoms with Crippen molar-refractivity contribution in [3.63, 3.8) is 0 Å². The van der Waals surface area contributed by atoms with E-state index >= 15 is 0 Å². The smallest absolute Gasteiger partial charge is 0.321 e. The summed E-state index contributed by atoms with van der Waals surface area (Å²) in [5.41, 5.74) is 0.893. The molecule has 7 heteroatoms. The highest BCUT2D eigenvalue weighted by Crippen LogP contribution is 2.24. The van der Waals surface area contributed by atoms with Gasteiger partial charge in [-0.15, -0.1) is 0 Å². The Morgan fingerprint density at radius 1 is 1.35 bits per heavy atom. The average molecular weight is 387 g/mol. The van der Waals surface area contributed by atoms with Crippen LogP contribution in [0, 0.1) is 0 Å². The summed E-state index contributed by atoms with van der Waals surface area (Å²) in [6.45, 7) is 6.52. The lowest BCUT2D eigenvalue weighted by Crippen LogP contribution is -2.34. The number of aliphatic hydroxyl groups is 1. The third-order valence-electron chi connectivity index (χ3n) is 3.27. The highest BCUT2D eigenvalue weighted by atomic mass is 79.9. The molecule has 0 unspecified atom stereocenters. The van der Waals surface area contributed by atoms with E-state index in [4.69, 9.17) is 4.74 Å². The number of nitrogens with one attached hydrogen (secondary N) is 1. The number of anilines is 1. The number of Topliss-reactive ketones (excluding diaryl/α,β-unsaturated/α-hetero) is 1. The Balaban J connectivity index is 2.90. The monoisotopic (exact) mass is 386 g/mol. The maximum absolute atomic E-state index is 12.1. The highest BCUT2D eigenvalue weighted by Gasteiger charge is 2.14. The van der Waals surface area contributed by atoms with Crippen LogP contribution in [-0.2, 0) is 0 Å². The molecule has 0 saturated heterocycles. The molecular formula is C16H23BrN2O4. The van der Waals surface area contributed by atoms with Crippen molar-refractivity contribution in [3.8, 4) is 5.75 Å². The fourth-order valence-electron chi connectivity index (χ4n) is 1.95. The van der Waals surface area contributed by atoms with Crippen LogP contribution in [0.4, 0.5) is 10.5 Å². The van der Waals surface area contributed by atoms with Crippen LogP contribution >= 0.6 is 15.9 Å². The second kappa shape index (κ2) is 9.52. The van der Waals surface area contributed by atoms with E-state index in [9.17, 15) is 14.7 Å². The van der Waals surface area contributed by atoms with Gasteiger partial charge in [-0.25, -0.2) is 4.79 Å². The minimum absolute atomic E-state index is 0.0800. The van der Waals surface area contributed by atoms with Crippen molar-refractivity contribution in [1.82, 2.24) is 4.90 Å². The Kier molecular flexibility index (Phi) is 8.05. The lowest BCUT2D eigenvalue weighted by Gasteiger charge is -2.20. The van der Waals surface area contributed by atoms with Crippen molar-refractivity contribution in [2.75, 3.05) is 30.3 Å². The number of alkyl halides is 1. The van der Waals surface area contributed by atoms with Crippen molar-refractivity contribution >= 4 is 33.4 Å². The molecule has 6 nitrogen and oxygen atoms in total. The number of carbonyl (C=O) groups excluding carboxylic acids is 2. The van der Waals surface area contributed by atoms with Gasteiger partial charge < -0.3 is 20.1 Å². The molecule has 0 aromatic heterocycles. The van der Waals surface area contributed by atoms with Crippen molar-refractivity contribution < 1.29 is 19.4 Å². The Morgan fingerprint density at radius 2 is 2.00 bits per heavy atom. The van der Waals surface area contributed by atoms with Crippen molar-refractivity contribution in [3.05, 3.63) is 23.8 Å². The summed E-state index contributed by atoms with van der Waals surface area (Å²) in [5.74, 6) is 0.214. The molecule has 0 spiro atoms. The first-order valence-electron chi connectivity index (χ1n) is 7.50. The van der Waals surface area contributed by atoms with Crippen molar-refractivity contribution in [2.24, 2.45) is 0 Å². The summed E-state index contributed by atoms with van der Waals surface area (Å²) in [5, 5.41) is 12.7. The number of nitrogens with zero attached hydrogens (tertiary/aromatic N) is 1. The highest BCUT2D eigenvalue weighted by molar-refractivity contribution is 9.09. The second-order valence-corrected chi connectivity index (χ2v) is 5.64. The first-order chi connectivity index (χ1) is 10.9. The van der Waals surface area contributed by atoms with Crippen LogP contribution in [0.3, 0.4) is 0 Å². The first kappa shape index (κ1) is 19.4. The molecule has 1 atom stereocenters. The van der Waals surface area contributed by atoms with Gasteiger partial charge in [-0.2, -0.15) is 0 Å². The first-order valence-corrected chi connectivity index (χ1v) is 8.62. The van der Waals surface area contributed by atoms with E-state index in [-0.39, 0.29) is 18.4 Å². The number of aliphatic hydroxyl groups excluding tert-OH is 1. The molecule has 128 valence electrons. The Bertz CT molecular complexity index is 547. The van der Waals surface area contributed by atoms with Crippen LogP contribution in [0.1, 0.15) is 31.1 Å². The zero-order valence-electron chi connectivity index (χ0n) is 13.6. The molecule has 0 fully saturated rings. The molecule has 1 aromatic rings. The van der Waals surface area contributed by atoms with E-state index in [2.05, 4.69) is 21.2 Å². The molecule has 0 heterocycles. The lowest BCUT2D eigenvalue weighted by molar-refractivity contribution is 0.0998. The van der Waals surface area contributed by atoms with Gasteiger partial charge in [0, 0.05) is 24.1 Å². The predicted molar refractivity (Wildman–Crippen MR) is 93.7 cm³/mol. The van der Waals surface area contributed by atoms with Gasteiger partial charge in [-0.3, -0.25) is 4.79 Å². The number of urea groups is 1. The summed E-state index contributed by atoms with van der Waals surface area (Å²) in [4.78, 5) is 25.5. The number of ether oxygens (including phenoxy) is 1. The number of ketones is 1. The molecule has 0 aliphatic rings. The van der Waals surface area contributed by atoms with E-state index in [1.54, 1.807) is 23.1 Å². The molecule has 23 heavy (non-hydrogen) atoms. The molecule has 0 bridgehead atoms. The maximum Gasteiger partial charge on any atom is 0.321 e. The summed E-state index contributed by atoms with van der Waals surface area (Å²) >= 11 is 3.15. The van der Waals surface area contributed by atoms with Gasteiger partial charge in [0.05, 0.1) is 11.7 Å². The summed E-state index contributed by atoms with van der Waals surface area (Å²) in [7, 11) is 0. The van der Waals surface area contributed by atoms with Gasteiger partial charge in [-0.1, -0.05) is 15.9 Å². The van der Waals surface area contributed by atoms with Gasteiger partial charge in [0.1, 0.15) is 12.4 Å². The third-order valence-corrected chi connectivity index (χ3v) is 4.02. The zero-order chi connectivity index (χ0) is 17.4. The fourth-order valence-corrected chi connectivity index (χ4v) is 2.14. The number of hydrogen-bond donors (Lipinski definition) is 2. The van der Waals surface area contributed by atoms with Gasteiger partial charge >= 0.3 is 6.03 Å². The van der Waals surface area contributed by atoms with Crippen molar-refractivity contribution in [1.29, 1.82) is 0 Å². The fraction of sp³-hybridized carbons (Fsp3) is 0.500. The van der Waals surface area contributed by atoms with Gasteiger partial charge in [0.2, 0.25) is 0 Å². The molecule has 0 radical (unpaired) electrons. The zero-order valence-corrected chi connectivity index (χ0v) is 15.2. The SMILES string of the molecule is CCN(CC)C(=O)Nc1ccc(OC[C@@H](O)CBr)c(C(C)=O)c1. The lowest BCUT2D eigenvalue weighted by atomic mass is 10.1. The van der Waals surface area contributed by atoms with Crippen LogP contribution < -0.4 is 10.1 Å². The van der Waals surface area contributed by atoms with Gasteiger partial charge in [0.25, 0.3) is 0 Å². The summed E-state index contributed by atoms with van der Waals surface area (Å²) < 4.78 is 5.48. The predicted octanol–water partition coefficient (Wildman–Crippen LogP) is 2.90. The van der Waals surface area contributed by atoms with E-state index in [0.29, 0.717) is 35.4 Å². The number of halogens is 1. The molecule has 1 rings (SSSR count). The van der Waals surface area contributed by atoms with Crippen LogP contribution in [0.25, 0.3) is 0 Å². The number of carbonyl (C=O) groups is 2. The molecule has 0 aliphatic carbocycles. The van der Waals surface area contributed by atoms with E-state index in [1.807, 2.05) is 13.8 Å². The van der Waals surface area contributed by atoms with Crippen LogP contribution in [0.5, 0.6) is 5.75 Å². The second-order valence-electron chi connectivity index (χ2n) is 4.99. The normalized spacial score (nSPS) is 11.7. The summed E-state index contributed by atoms with van der Waals surface area (Å²) in [6, 6.07) is 4.66. The average Bonchev–Trinajstić information content (AvgIpc) is 2.54. The number of rotatable bonds is 8. The Labute approximate surface area is 144 Å². The number of hydrogen-bond acceptors (Lipinski definition) is 4. The molecule has 0 saturated carbocycles. The van der Waals surface area contributed by atoms with E-state index in [1.165, 1.54) is 6.92 Å². The van der Waals surface area contributed by atoms with Crippen LogP contribution in [0.2, 0.25) is 0 Å². The number of amides is 2. The summed E-state index contributed by atoms with van der Waals surface area (Å²) in [6.07, 6.45) is -0.656. The molecule has 2 N–H and O–H groups in total. The molecule has 2 amide bonds. The van der Waals surface area contributed by atoms with E-state index < -0.39 is 6.10 Å². The molecule has 0 aliphatic heterocycles. The van der Waals surface area contributed by atoms with Gasteiger partial charge in [-0.05, 0) is 39.0 Å². The largest absolute Gasteiger partial charge is 0.490 e. The van der Waals surface area contributed by atoms with E-state index in [0.717, 1.165) is 0 Å². The third kappa shape index (κ3) is 5.84. The minimum Gasteiger partial charge on any atom is -0.490 e. The van der Waals surface area contributed by atoms with Crippen LogP contribution in [-0.4, -0.2) is 53.0 Å². The topological polar surface area (TPSA) is 78.9 Å². The Morgan fingerprint density at radius 3 is 2.52 bits per heavy atom. The Hall–Kier alpha value is -1.60.